The molecule has 0 aromatic carbocycles. The van der Waals surface area contributed by atoms with E-state index in [1.54, 1.807) is 6.08 Å². The first-order chi connectivity index (χ1) is 8.20. The van der Waals surface area contributed by atoms with Gasteiger partial charge in [0.2, 0.25) is 5.91 Å². The van der Waals surface area contributed by atoms with Crippen molar-refractivity contribution in [2.24, 2.45) is 11.8 Å². The Kier molecular flexibility index (Phi) is 3.82. The number of likely N-dealkylation sites (tertiary alicyclic amines) is 1. The Bertz CT molecular complexity index is 334. The molecular weight excluding hydrogens is 218 g/mol. The summed E-state index contributed by atoms with van der Waals surface area (Å²) in [6, 6.07) is 0. The lowest BCUT2D eigenvalue weighted by molar-refractivity contribution is -0.147. The average molecular weight is 237 g/mol. The third-order valence-electron chi connectivity index (χ3n) is 3.28. The van der Waals surface area contributed by atoms with Gasteiger partial charge in [-0.3, -0.25) is 9.59 Å². The summed E-state index contributed by atoms with van der Waals surface area (Å²) in [6.07, 6.45) is 6.39. The monoisotopic (exact) mass is 237 g/mol. The molecule has 2 fully saturated rings. The van der Waals surface area contributed by atoms with Crippen molar-refractivity contribution in [3.8, 4) is 0 Å². The zero-order valence-electron chi connectivity index (χ0n) is 10.2. The van der Waals surface area contributed by atoms with Gasteiger partial charge >= 0.3 is 5.97 Å². The van der Waals surface area contributed by atoms with E-state index >= 15 is 0 Å². The lowest BCUT2D eigenvalue weighted by Crippen LogP contribution is -2.28. The van der Waals surface area contributed by atoms with E-state index in [4.69, 9.17) is 4.74 Å². The largest absolute Gasteiger partial charge is 0.461 e. The van der Waals surface area contributed by atoms with Crippen LogP contribution in [0.5, 0.6) is 0 Å². The van der Waals surface area contributed by atoms with Crippen LogP contribution in [0.1, 0.15) is 26.2 Å². The Morgan fingerprint density at radius 3 is 2.94 bits per heavy atom. The molecule has 1 aliphatic heterocycles. The minimum Gasteiger partial charge on any atom is -0.461 e. The van der Waals surface area contributed by atoms with Crippen LogP contribution in [0.2, 0.25) is 0 Å². The van der Waals surface area contributed by atoms with Gasteiger partial charge < -0.3 is 9.64 Å². The molecule has 1 aliphatic carbocycles. The molecule has 1 saturated carbocycles. The minimum absolute atomic E-state index is 0.102. The fourth-order valence-electron chi connectivity index (χ4n) is 2.06. The van der Waals surface area contributed by atoms with Crippen molar-refractivity contribution < 1.29 is 14.3 Å². The molecule has 1 unspecified atom stereocenters. The maximum absolute atomic E-state index is 11.7. The molecule has 2 rings (SSSR count). The molecule has 1 heterocycles. The van der Waals surface area contributed by atoms with E-state index in [0.29, 0.717) is 25.5 Å². The first-order valence-corrected chi connectivity index (χ1v) is 6.26. The minimum atomic E-state index is -0.258. The van der Waals surface area contributed by atoms with Gasteiger partial charge in [0.15, 0.2) is 0 Å². The lowest BCUT2D eigenvalue weighted by Gasteiger charge is -2.15. The van der Waals surface area contributed by atoms with E-state index in [1.165, 1.54) is 12.8 Å². The predicted octanol–water partition coefficient (Wildman–Crippen LogP) is 1.36. The number of amides is 1. The maximum atomic E-state index is 11.7. The third-order valence-corrected chi connectivity index (χ3v) is 3.28. The number of allylic oxidation sites excluding steroid dienone is 1. The number of nitrogens with zero attached hydrogens (tertiary/aromatic N) is 1. The molecule has 0 N–H and O–H groups in total. The van der Waals surface area contributed by atoms with Gasteiger partial charge in [0.05, 0.1) is 5.92 Å². The van der Waals surface area contributed by atoms with Crippen molar-refractivity contribution in [3.05, 3.63) is 12.2 Å². The summed E-state index contributed by atoms with van der Waals surface area (Å²) in [5, 5.41) is 0. The van der Waals surface area contributed by atoms with Crippen LogP contribution >= 0.6 is 0 Å². The summed E-state index contributed by atoms with van der Waals surface area (Å²) in [5.74, 6) is 0.280. The highest BCUT2D eigenvalue weighted by molar-refractivity contribution is 5.86. The molecule has 2 aliphatic rings. The number of carbonyl (C=O) groups excluding carboxylic acids is 2. The van der Waals surface area contributed by atoms with Gasteiger partial charge in [-0.25, -0.2) is 0 Å². The molecule has 0 radical (unpaired) electrons. The molecule has 94 valence electrons. The SMILES string of the molecule is C/C=C/COC(=O)C1CC(=O)N(CC2CC2)C1. The second kappa shape index (κ2) is 5.34. The molecule has 1 atom stereocenters. The Hall–Kier alpha value is -1.32. The first kappa shape index (κ1) is 12.1. The van der Waals surface area contributed by atoms with Crippen molar-refractivity contribution in [1.29, 1.82) is 0 Å². The molecule has 4 nitrogen and oxygen atoms in total. The van der Waals surface area contributed by atoms with E-state index < -0.39 is 0 Å². The first-order valence-electron chi connectivity index (χ1n) is 6.26. The van der Waals surface area contributed by atoms with Gasteiger partial charge in [-0.1, -0.05) is 12.2 Å². The number of ether oxygens (including phenoxy) is 1. The van der Waals surface area contributed by atoms with Crippen LogP contribution in [-0.2, 0) is 14.3 Å². The van der Waals surface area contributed by atoms with Crippen LogP contribution in [0.15, 0.2) is 12.2 Å². The van der Waals surface area contributed by atoms with Crippen molar-refractivity contribution >= 4 is 11.9 Å². The zero-order valence-corrected chi connectivity index (χ0v) is 10.2. The predicted molar refractivity (Wildman–Crippen MR) is 63.2 cm³/mol. The van der Waals surface area contributed by atoms with Crippen LogP contribution in [0.25, 0.3) is 0 Å². The van der Waals surface area contributed by atoms with Crippen LogP contribution in [0.4, 0.5) is 0 Å². The molecule has 0 aromatic rings. The molecule has 0 spiro atoms. The number of hydrogen-bond donors (Lipinski definition) is 0. The zero-order chi connectivity index (χ0) is 12.3. The lowest BCUT2D eigenvalue weighted by atomic mass is 10.1. The van der Waals surface area contributed by atoms with Gasteiger partial charge in [-0.05, 0) is 25.7 Å². The van der Waals surface area contributed by atoms with Crippen molar-refractivity contribution in [2.75, 3.05) is 19.7 Å². The fraction of sp³-hybridized carbons (Fsp3) is 0.692. The number of carbonyl (C=O) groups is 2. The standard InChI is InChI=1S/C13H19NO3/c1-2-3-6-17-13(16)11-7-12(15)14(9-11)8-10-4-5-10/h2-3,10-11H,4-9H2,1H3/b3-2+. The van der Waals surface area contributed by atoms with Gasteiger partial charge in [0, 0.05) is 19.5 Å². The van der Waals surface area contributed by atoms with Crippen molar-refractivity contribution in [2.45, 2.75) is 26.2 Å². The van der Waals surface area contributed by atoms with Crippen molar-refractivity contribution in [1.82, 2.24) is 4.90 Å². The summed E-state index contributed by atoms with van der Waals surface area (Å²) >= 11 is 0. The highest BCUT2D eigenvalue weighted by Gasteiger charge is 2.37. The fourth-order valence-corrected chi connectivity index (χ4v) is 2.06. The molecule has 4 heteroatoms. The smallest absolute Gasteiger partial charge is 0.311 e. The van der Waals surface area contributed by atoms with Crippen LogP contribution in [-0.4, -0.2) is 36.5 Å². The third kappa shape index (κ3) is 3.32. The summed E-state index contributed by atoms with van der Waals surface area (Å²) < 4.78 is 5.08. The van der Waals surface area contributed by atoms with Gasteiger partial charge in [-0.15, -0.1) is 0 Å². The van der Waals surface area contributed by atoms with E-state index in [1.807, 2.05) is 17.9 Å². The van der Waals surface area contributed by atoms with Crippen LogP contribution in [0.3, 0.4) is 0 Å². The molecule has 0 aromatic heterocycles. The molecule has 1 saturated heterocycles. The summed E-state index contributed by atoms with van der Waals surface area (Å²) in [7, 11) is 0. The average Bonchev–Trinajstić information content (AvgIpc) is 3.03. The van der Waals surface area contributed by atoms with Gasteiger partial charge in [0.1, 0.15) is 6.61 Å². The maximum Gasteiger partial charge on any atom is 0.311 e. The Labute approximate surface area is 102 Å². The van der Waals surface area contributed by atoms with Crippen LogP contribution in [0, 0.1) is 11.8 Å². The summed E-state index contributed by atoms with van der Waals surface area (Å²) in [4.78, 5) is 25.2. The second-order valence-corrected chi connectivity index (χ2v) is 4.84. The molecular formula is C13H19NO3. The van der Waals surface area contributed by atoms with Crippen molar-refractivity contribution in [3.63, 3.8) is 0 Å². The summed E-state index contributed by atoms with van der Waals surface area (Å²) in [6.45, 7) is 3.56. The Morgan fingerprint density at radius 2 is 2.29 bits per heavy atom. The summed E-state index contributed by atoms with van der Waals surface area (Å²) in [5.41, 5.74) is 0. The normalized spacial score (nSPS) is 24.6. The highest BCUT2D eigenvalue weighted by Crippen LogP contribution is 2.32. The highest BCUT2D eigenvalue weighted by atomic mass is 16.5. The van der Waals surface area contributed by atoms with E-state index in [9.17, 15) is 9.59 Å². The Balaban J connectivity index is 1.78. The number of rotatable bonds is 5. The second-order valence-electron chi connectivity index (χ2n) is 4.84. The van der Waals surface area contributed by atoms with E-state index in [0.717, 1.165) is 6.54 Å². The molecule has 0 bridgehead atoms. The van der Waals surface area contributed by atoms with Gasteiger partial charge in [-0.2, -0.15) is 0 Å². The quantitative estimate of drug-likeness (QED) is 0.536. The number of hydrogen-bond acceptors (Lipinski definition) is 3. The Morgan fingerprint density at radius 1 is 1.53 bits per heavy atom. The number of esters is 1. The van der Waals surface area contributed by atoms with E-state index in [-0.39, 0.29) is 17.8 Å². The van der Waals surface area contributed by atoms with Gasteiger partial charge in [0.25, 0.3) is 0 Å². The molecule has 1 amide bonds. The van der Waals surface area contributed by atoms with Crippen LogP contribution < -0.4 is 0 Å². The molecule has 17 heavy (non-hydrogen) atoms. The van der Waals surface area contributed by atoms with E-state index in [2.05, 4.69) is 0 Å². The topological polar surface area (TPSA) is 46.6 Å².